The van der Waals surface area contributed by atoms with Crippen LogP contribution < -0.4 is 0 Å². The summed E-state index contributed by atoms with van der Waals surface area (Å²) in [6.07, 6.45) is 0.514. The van der Waals surface area contributed by atoms with Crippen LogP contribution in [0.25, 0.3) is 10.9 Å². The molecular formula is C11H11NO3. The zero-order valence-electron chi connectivity index (χ0n) is 7.97. The summed E-state index contributed by atoms with van der Waals surface area (Å²) >= 11 is 0. The molecular weight excluding hydrogens is 194 g/mol. The van der Waals surface area contributed by atoms with Crippen LogP contribution in [0.2, 0.25) is 0 Å². The maximum Gasteiger partial charge on any atom is 0.332 e. The first-order valence-corrected chi connectivity index (χ1v) is 4.64. The molecule has 0 aliphatic heterocycles. The van der Waals surface area contributed by atoms with E-state index in [0.29, 0.717) is 0 Å². The van der Waals surface area contributed by atoms with Gasteiger partial charge in [0.15, 0.2) is 6.10 Å². The molecule has 4 nitrogen and oxygen atoms in total. The van der Waals surface area contributed by atoms with Crippen molar-refractivity contribution in [1.29, 1.82) is 0 Å². The molecule has 78 valence electrons. The fourth-order valence-corrected chi connectivity index (χ4v) is 1.60. The first-order valence-electron chi connectivity index (χ1n) is 4.64. The number of aromatic nitrogens is 1. The number of aliphatic carboxylic acids is 1. The van der Waals surface area contributed by atoms with E-state index in [2.05, 4.69) is 4.98 Å². The molecule has 0 saturated heterocycles. The summed E-state index contributed by atoms with van der Waals surface area (Å²) in [6, 6.07) is 7.59. The summed E-state index contributed by atoms with van der Waals surface area (Å²) in [5, 5.41) is 18.8. The molecule has 0 unspecified atom stereocenters. The van der Waals surface area contributed by atoms with Crippen LogP contribution in [0.1, 0.15) is 5.56 Å². The van der Waals surface area contributed by atoms with Gasteiger partial charge in [-0.1, -0.05) is 18.2 Å². The van der Waals surface area contributed by atoms with Crippen molar-refractivity contribution in [3.05, 3.63) is 36.0 Å². The summed E-state index contributed by atoms with van der Waals surface area (Å²) in [7, 11) is 0. The van der Waals surface area contributed by atoms with Crippen molar-refractivity contribution in [3.63, 3.8) is 0 Å². The highest BCUT2D eigenvalue weighted by Gasteiger charge is 2.15. The van der Waals surface area contributed by atoms with Gasteiger partial charge in [0.25, 0.3) is 0 Å². The van der Waals surface area contributed by atoms with Gasteiger partial charge in [-0.3, -0.25) is 0 Å². The zero-order chi connectivity index (χ0) is 10.8. The van der Waals surface area contributed by atoms with Crippen molar-refractivity contribution in [2.45, 2.75) is 12.5 Å². The van der Waals surface area contributed by atoms with Gasteiger partial charge in [0.2, 0.25) is 0 Å². The lowest BCUT2D eigenvalue weighted by Gasteiger charge is -2.03. The van der Waals surface area contributed by atoms with Gasteiger partial charge >= 0.3 is 5.97 Å². The number of aliphatic hydroxyl groups is 1. The monoisotopic (exact) mass is 205 g/mol. The standard InChI is InChI=1S/C11H11NO3/c13-10(11(14)15)5-7-6-12-9-4-2-1-3-8(7)9/h1-4,6,10,12-13H,5H2,(H,14,15)/t10-/m1/s1. The van der Waals surface area contributed by atoms with E-state index in [-0.39, 0.29) is 6.42 Å². The van der Waals surface area contributed by atoms with Gasteiger partial charge in [-0.15, -0.1) is 0 Å². The molecule has 2 rings (SSSR count). The minimum atomic E-state index is -1.34. The number of aromatic amines is 1. The van der Waals surface area contributed by atoms with E-state index in [1.165, 1.54) is 0 Å². The van der Waals surface area contributed by atoms with E-state index in [1.807, 2.05) is 24.3 Å². The molecule has 3 N–H and O–H groups in total. The van der Waals surface area contributed by atoms with E-state index in [1.54, 1.807) is 6.20 Å². The number of carboxylic acid groups (broad SMARTS) is 1. The minimum Gasteiger partial charge on any atom is -0.479 e. The summed E-state index contributed by atoms with van der Waals surface area (Å²) in [5.41, 5.74) is 1.77. The molecule has 1 atom stereocenters. The third-order valence-electron chi connectivity index (χ3n) is 2.37. The lowest BCUT2D eigenvalue weighted by molar-refractivity contribution is -0.146. The van der Waals surface area contributed by atoms with Crippen molar-refractivity contribution in [1.82, 2.24) is 4.98 Å². The summed E-state index contributed by atoms with van der Waals surface area (Å²) in [6.45, 7) is 0. The van der Waals surface area contributed by atoms with Crippen LogP contribution in [0.3, 0.4) is 0 Å². The first-order chi connectivity index (χ1) is 7.18. The van der Waals surface area contributed by atoms with Crippen molar-refractivity contribution >= 4 is 16.9 Å². The Morgan fingerprint density at radius 2 is 2.13 bits per heavy atom. The Balaban J connectivity index is 2.32. The van der Waals surface area contributed by atoms with E-state index >= 15 is 0 Å². The van der Waals surface area contributed by atoms with Crippen LogP contribution in [0.5, 0.6) is 0 Å². The first kappa shape index (κ1) is 9.73. The van der Waals surface area contributed by atoms with Crippen molar-refractivity contribution in [2.75, 3.05) is 0 Å². The van der Waals surface area contributed by atoms with Gasteiger partial charge in [0.05, 0.1) is 0 Å². The fourth-order valence-electron chi connectivity index (χ4n) is 1.60. The van der Waals surface area contributed by atoms with Crippen LogP contribution >= 0.6 is 0 Å². The Morgan fingerprint density at radius 3 is 2.87 bits per heavy atom. The van der Waals surface area contributed by atoms with Crippen molar-refractivity contribution in [3.8, 4) is 0 Å². The largest absolute Gasteiger partial charge is 0.479 e. The summed E-state index contributed by atoms with van der Waals surface area (Å²) in [4.78, 5) is 13.5. The Kier molecular flexibility index (Phi) is 2.43. The molecule has 0 fully saturated rings. The van der Waals surface area contributed by atoms with Crippen LogP contribution in [-0.4, -0.2) is 27.3 Å². The second kappa shape index (κ2) is 3.74. The Labute approximate surface area is 86.2 Å². The topological polar surface area (TPSA) is 73.3 Å². The number of hydrogen-bond donors (Lipinski definition) is 3. The molecule has 0 amide bonds. The second-order valence-electron chi connectivity index (χ2n) is 3.42. The summed E-state index contributed by atoms with van der Waals surface area (Å²) < 4.78 is 0. The number of nitrogens with one attached hydrogen (secondary N) is 1. The molecule has 0 radical (unpaired) electrons. The average Bonchev–Trinajstić information content (AvgIpc) is 2.62. The molecule has 0 aliphatic rings. The molecule has 0 bridgehead atoms. The lowest BCUT2D eigenvalue weighted by Crippen LogP contribution is -2.21. The smallest absolute Gasteiger partial charge is 0.332 e. The van der Waals surface area contributed by atoms with Crippen LogP contribution in [-0.2, 0) is 11.2 Å². The highest BCUT2D eigenvalue weighted by atomic mass is 16.4. The van der Waals surface area contributed by atoms with E-state index in [4.69, 9.17) is 5.11 Å². The van der Waals surface area contributed by atoms with Gasteiger partial charge < -0.3 is 15.2 Å². The Bertz CT molecular complexity index is 489. The number of carboxylic acids is 1. The van der Waals surface area contributed by atoms with Gasteiger partial charge in [-0.25, -0.2) is 4.79 Å². The third kappa shape index (κ3) is 1.85. The fraction of sp³-hybridized carbons (Fsp3) is 0.182. The van der Waals surface area contributed by atoms with Crippen molar-refractivity contribution < 1.29 is 15.0 Å². The van der Waals surface area contributed by atoms with E-state index < -0.39 is 12.1 Å². The number of aliphatic hydroxyl groups excluding tert-OH is 1. The Hall–Kier alpha value is -1.81. The Morgan fingerprint density at radius 1 is 1.40 bits per heavy atom. The normalized spacial score (nSPS) is 12.9. The number of H-pyrrole nitrogens is 1. The summed E-state index contributed by atoms with van der Waals surface area (Å²) in [5.74, 6) is -1.19. The number of hydrogen-bond acceptors (Lipinski definition) is 2. The van der Waals surface area contributed by atoms with Crippen molar-refractivity contribution in [2.24, 2.45) is 0 Å². The molecule has 1 heterocycles. The van der Waals surface area contributed by atoms with Crippen LogP contribution in [0.4, 0.5) is 0 Å². The van der Waals surface area contributed by atoms with E-state index in [9.17, 15) is 9.90 Å². The highest BCUT2D eigenvalue weighted by molar-refractivity contribution is 5.84. The lowest BCUT2D eigenvalue weighted by atomic mass is 10.1. The molecule has 0 spiro atoms. The molecule has 0 saturated carbocycles. The van der Waals surface area contributed by atoms with Gasteiger partial charge in [0, 0.05) is 23.5 Å². The number of carbonyl (C=O) groups is 1. The minimum absolute atomic E-state index is 0.124. The van der Waals surface area contributed by atoms with Gasteiger partial charge in [-0.2, -0.15) is 0 Å². The molecule has 1 aromatic heterocycles. The van der Waals surface area contributed by atoms with Crippen LogP contribution in [0.15, 0.2) is 30.5 Å². The van der Waals surface area contributed by atoms with Crippen LogP contribution in [0, 0.1) is 0 Å². The SMILES string of the molecule is O=C(O)[C@H](O)Cc1c[nH]c2ccccc12. The van der Waals surface area contributed by atoms with Gasteiger partial charge in [0.1, 0.15) is 0 Å². The molecule has 0 aliphatic carbocycles. The third-order valence-corrected chi connectivity index (χ3v) is 2.37. The number of rotatable bonds is 3. The number of benzene rings is 1. The molecule has 1 aromatic carbocycles. The number of para-hydroxylation sites is 1. The molecule has 4 heteroatoms. The highest BCUT2D eigenvalue weighted by Crippen LogP contribution is 2.18. The predicted octanol–water partition coefficient (Wildman–Crippen LogP) is 1.16. The predicted molar refractivity (Wildman–Crippen MR) is 55.6 cm³/mol. The number of fused-ring (bicyclic) bond motifs is 1. The maximum atomic E-state index is 10.5. The quantitative estimate of drug-likeness (QED) is 0.703. The average molecular weight is 205 g/mol. The maximum absolute atomic E-state index is 10.5. The zero-order valence-corrected chi connectivity index (χ0v) is 7.97. The molecule has 15 heavy (non-hydrogen) atoms. The van der Waals surface area contributed by atoms with Gasteiger partial charge in [-0.05, 0) is 11.6 Å². The second-order valence-corrected chi connectivity index (χ2v) is 3.42. The van der Waals surface area contributed by atoms with E-state index in [0.717, 1.165) is 16.5 Å². The molecule has 2 aromatic rings.